The first kappa shape index (κ1) is 21.0. The molecule has 0 radical (unpaired) electrons. The molecule has 9 heteroatoms. The molecule has 2 fully saturated rings. The van der Waals surface area contributed by atoms with Crippen LogP contribution in [0.2, 0.25) is 0 Å². The minimum atomic E-state index is -0.541. The molecule has 0 spiro atoms. The van der Waals surface area contributed by atoms with Gasteiger partial charge in [-0.15, -0.1) is 0 Å². The summed E-state index contributed by atoms with van der Waals surface area (Å²) in [6.45, 7) is 6.02. The minimum absolute atomic E-state index is 0.0883. The summed E-state index contributed by atoms with van der Waals surface area (Å²) >= 11 is 0. The Balaban J connectivity index is 1.38. The summed E-state index contributed by atoms with van der Waals surface area (Å²) in [6, 6.07) is 7.33. The zero-order chi connectivity index (χ0) is 21.6. The molecular weight excluding hydrogens is 401 g/mol. The maximum atomic E-state index is 14.3. The van der Waals surface area contributed by atoms with Gasteiger partial charge in [0.1, 0.15) is 11.9 Å². The van der Waals surface area contributed by atoms with Gasteiger partial charge in [-0.3, -0.25) is 4.79 Å². The monoisotopic (exact) mass is 427 g/mol. The van der Waals surface area contributed by atoms with Gasteiger partial charge in [0.15, 0.2) is 11.6 Å². The van der Waals surface area contributed by atoms with Crippen LogP contribution in [0.15, 0.2) is 43.1 Å². The average molecular weight is 427 g/mol. The van der Waals surface area contributed by atoms with Gasteiger partial charge < -0.3 is 25.0 Å². The lowest BCUT2D eigenvalue weighted by atomic mass is 10.1. The zero-order valence-electron chi connectivity index (χ0n) is 17.2. The summed E-state index contributed by atoms with van der Waals surface area (Å²) in [5.41, 5.74) is 0.757. The molecule has 1 amide bonds. The Morgan fingerprint density at radius 3 is 2.90 bits per heavy atom. The fraction of sp³-hybridized carbons (Fsp3) is 0.409. The maximum Gasteiger partial charge on any atom is 0.246 e. The van der Waals surface area contributed by atoms with Crippen molar-refractivity contribution in [2.45, 2.75) is 31.4 Å². The van der Waals surface area contributed by atoms with Crippen LogP contribution in [-0.4, -0.2) is 59.2 Å². The SMILES string of the molecule is C=CC(=O)N1CCCC(Nc2nc(Nc3ccc(OC4CCOC4)cc3)ncc2F)C1. The molecule has 2 aliphatic rings. The van der Waals surface area contributed by atoms with Crippen molar-refractivity contribution in [2.75, 3.05) is 36.9 Å². The molecule has 8 nitrogen and oxygen atoms in total. The number of aromatic nitrogens is 2. The Kier molecular flexibility index (Phi) is 6.61. The van der Waals surface area contributed by atoms with Crippen molar-refractivity contribution in [1.82, 2.24) is 14.9 Å². The summed E-state index contributed by atoms with van der Waals surface area (Å²) in [5.74, 6) is 0.484. The molecular formula is C22H26FN5O3. The lowest BCUT2D eigenvalue weighted by molar-refractivity contribution is -0.127. The summed E-state index contributed by atoms with van der Waals surface area (Å²) in [5, 5.41) is 6.19. The molecule has 0 aliphatic carbocycles. The van der Waals surface area contributed by atoms with Gasteiger partial charge in [0.2, 0.25) is 11.9 Å². The molecule has 3 heterocycles. The summed E-state index contributed by atoms with van der Waals surface area (Å²) in [7, 11) is 0. The fourth-order valence-corrected chi connectivity index (χ4v) is 3.69. The Morgan fingerprint density at radius 2 is 2.16 bits per heavy atom. The van der Waals surface area contributed by atoms with Crippen molar-refractivity contribution in [3.05, 3.63) is 48.9 Å². The maximum absolute atomic E-state index is 14.3. The van der Waals surface area contributed by atoms with Gasteiger partial charge in [0, 0.05) is 31.2 Å². The molecule has 2 unspecified atom stereocenters. The van der Waals surface area contributed by atoms with Gasteiger partial charge in [-0.05, 0) is 43.2 Å². The van der Waals surface area contributed by atoms with Gasteiger partial charge in [0.25, 0.3) is 0 Å². The molecule has 1 aromatic carbocycles. The van der Waals surface area contributed by atoms with E-state index in [1.54, 1.807) is 4.90 Å². The largest absolute Gasteiger partial charge is 0.488 e. The highest BCUT2D eigenvalue weighted by atomic mass is 19.1. The van der Waals surface area contributed by atoms with Crippen molar-refractivity contribution >= 4 is 23.4 Å². The minimum Gasteiger partial charge on any atom is -0.488 e. The number of hydrogen-bond donors (Lipinski definition) is 2. The van der Waals surface area contributed by atoms with Crippen LogP contribution in [0.5, 0.6) is 5.75 Å². The molecule has 2 aromatic rings. The van der Waals surface area contributed by atoms with E-state index in [2.05, 4.69) is 27.2 Å². The van der Waals surface area contributed by atoms with Gasteiger partial charge >= 0.3 is 0 Å². The first-order chi connectivity index (χ1) is 15.1. The number of likely N-dealkylation sites (tertiary alicyclic amines) is 1. The Labute approximate surface area is 180 Å². The number of piperidine rings is 1. The number of benzene rings is 1. The Hall–Kier alpha value is -3.20. The van der Waals surface area contributed by atoms with E-state index in [0.29, 0.717) is 19.7 Å². The van der Waals surface area contributed by atoms with E-state index in [0.717, 1.165) is 43.5 Å². The number of nitrogens with one attached hydrogen (secondary N) is 2. The second-order valence-corrected chi connectivity index (χ2v) is 7.61. The topological polar surface area (TPSA) is 88.6 Å². The molecule has 164 valence electrons. The third-order valence-corrected chi connectivity index (χ3v) is 5.29. The lowest BCUT2D eigenvalue weighted by Crippen LogP contribution is -2.44. The third-order valence-electron chi connectivity index (χ3n) is 5.29. The van der Waals surface area contributed by atoms with Crippen LogP contribution in [0.1, 0.15) is 19.3 Å². The van der Waals surface area contributed by atoms with Crippen molar-refractivity contribution in [3.63, 3.8) is 0 Å². The molecule has 2 N–H and O–H groups in total. The van der Waals surface area contributed by atoms with Crippen molar-refractivity contribution in [1.29, 1.82) is 0 Å². The van der Waals surface area contributed by atoms with Gasteiger partial charge in [-0.1, -0.05) is 6.58 Å². The number of halogens is 1. The van der Waals surface area contributed by atoms with Gasteiger partial charge in [0.05, 0.1) is 19.4 Å². The first-order valence-electron chi connectivity index (χ1n) is 10.4. The van der Waals surface area contributed by atoms with Gasteiger partial charge in [-0.2, -0.15) is 4.98 Å². The van der Waals surface area contributed by atoms with E-state index in [4.69, 9.17) is 9.47 Å². The highest BCUT2D eigenvalue weighted by Crippen LogP contribution is 2.23. The highest BCUT2D eigenvalue weighted by molar-refractivity contribution is 5.87. The van der Waals surface area contributed by atoms with E-state index in [-0.39, 0.29) is 29.8 Å². The Morgan fingerprint density at radius 1 is 1.32 bits per heavy atom. The van der Waals surface area contributed by atoms with E-state index in [1.807, 2.05) is 24.3 Å². The van der Waals surface area contributed by atoms with Crippen LogP contribution in [0.25, 0.3) is 0 Å². The van der Waals surface area contributed by atoms with Crippen molar-refractivity contribution < 1.29 is 18.7 Å². The van der Waals surface area contributed by atoms with Crippen LogP contribution >= 0.6 is 0 Å². The second-order valence-electron chi connectivity index (χ2n) is 7.61. The number of hydrogen-bond acceptors (Lipinski definition) is 7. The lowest BCUT2D eigenvalue weighted by Gasteiger charge is -2.32. The van der Waals surface area contributed by atoms with Crippen molar-refractivity contribution in [3.8, 4) is 5.75 Å². The molecule has 2 atom stereocenters. The standard InChI is InChI=1S/C22H26FN5O3/c1-2-20(29)28-10-3-4-16(13-28)25-21-19(23)12-24-22(27-21)26-15-5-7-17(8-6-15)31-18-9-11-30-14-18/h2,5-8,12,16,18H,1,3-4,9-11,13-14H2,(H2,24,25,26,27). The summed E-state index contributed by atoms with van der Waals surface area (Å²) < 4.78 is 25.5. The summed E-state index contributed by atoms with van der Waals surface area (Å²) in [6.07, 6.45) is 5.06. The number of carbonyl (C=O) groups excluding carboxylic acids is 1. The summed E-state index contributed by atoms with van der Waals surface area (Å²) in [4.78, 5) is 21.9. The zero-order valence-corrected chi connectivity index (χ0v) is 17.2. The number of ether oxygens (including phenoxy) is 2. The number of amides is 1. The smallest absolute Gasteiger partial charge is 0.246 e. The Bertz CT molecular complexity index is 918. The molecule has 31 heavy (non-hydrogen) atoms. The van der Waals surface area contributed by atoms with Crippen LogP contribution in [-0.2, 0) is 9.53 Å². The third kappa shape index (κ3) is 5.49. The van der Waals surface area contributed by atoms with Crippen LogP contribution in [0.4, 0.5) is 21.8 Å². The van der Waals surface area contributed by atoms with E-state index >= 15 is 0 Å². The quantitative estimate of drug-likeness (QED) is 0.657. The first-order valence-corrected chi connectivity index (χ1v) is 10.4. The second kappa shape index (κ2) is 9.74. The molecule has 2 aliphatic heterocycles. The average Bonchev–Trinajstić information content (AvgIpc) is 3.30. The fourth-order valence-electron chi connectivity index (χ4n) is 3.69. The predicted octanol–water partition coefficient (Wildman–Crippen LogP) is 3.12. The molecule has 0 saturated carbocycles. The normalized spacial score (nSPS) is 20.9. The molecule has 2 saturated heterocycles. The molecule has 4 rings (SSSR count). The molecule has 0 bridgehead atoms. The van der Waals surface area contributed by atoms with E-state index < -0.39 is 5.82 Å². The highest BCUT2D eigenvalue weighted by Gasteiger charge is 2.23. The number of nitrogens with zero attached hydrogens (tertiary/aromatic N) is 3. The predicted molar refractivity (Wildman–Crippen MR) is 115 cm³/mol. The van der Waals surface area contributed by atoms with E-state index in [9.17, 15) is 9.18 Å². The van der Waals surface area contributed by atoms with Crippen LogP contribution < -0.4 is 15.4 Å². The number of carbonyl (C=O) groups is 1. The van der Waals surface area contributed by atoms with E-state index in [1.165, 1.54) is 6.08 Å². The van der Waals surface area contributed by atoms with Gasteiger partial charge in [-0.25, -0.2) is 9.37 Å². The van der Waals surface area contributed by atoms with Crippen LogP contribution in [0.3, 0.4) is 0 Å². The number of anilines is 3. The molecule has 1 aromatic heterocycles. The van der Waals surface area contributed by atoms with Crippen LogP contribution in [0, 0.1) is 5.82 Å². The number of rotatable bonds is 7. The van der Waals surface area contributed by atoms with Crippen molar-refractivity contribution in [2.24, 2.45) is 0 Å².